The second-order valence-corrected chi connectivity index (χ2v) is 12.9. The molecule has 2 bridgehead atoms. The Labute approximate surface area is 223 Å². The van der Waals surface area contributed by atoms with Crippen LogP contribution in [0.3, 0.4) is 0 Å². The summed E-state index contributed by atoms with van der Waals surface area (Å²) in [6, 6.07) is 11.3. The summed E-state index contributed by atoms with van der Waals surface area (Å²) in [4.78, 5) is 12.7. The molecular weight excluding hydrogens is 517 g/mol. The second kappa shape index (κ2) is 11.1. The molecule has 2 aromatic carbocycles. The van der Waals surface area contributed by atoms with Crippen molar-refractivity contribution >= 4 is 44.8 Å². The van der Waals surface area contributed by atoms with Crippen LogP contribution in [0.15, 0.2) is 59.0 Å². The molecule has 2 aromatic rings. The normalized spacial score (nSPS) is 22.6. The van der Waals surface area contributed by atoms with Crippen LogP contribution in [0.2, 0.25) is 10.0 Å². The van der Waals surface area contributed by atoms with Crippen molar-refractivity contribution in [3.63, 3.8) is 0 Å². The van der Waals surface area contributed by atoms with Crippen molar-refractivity contribution in [2.75, 3.05) is 11.1 Å². The van der Waals surface area contributed by atoms with E-state index >= 15 is 0 Å². The Kier molecular flexibility index (Phi) is 8.35. The maximum absolute atomic E-state index is 13.2. The molecule has 1 fully saturated rings. The number of rotatable bonds is 7. The van der Waals surface area contributed by atoms with Crippen molar-refractivity contribution in [3.05, 3.63) is 69.7 Å². The first-order valence-electron chi connectivity index (χ1n) is 12.3. The molecule has 0 aliphatic carbocycles. The molecule has 2 heterocycles. The zero-order chi connectivity index (χ0) is 26.0. The summed E-state index contributed by atoms with van der Waals surface area (Å²) in [6.45, 7) is 6.29. The minimum Gasteiger partial charge on any atom is -0.331 e. The predicted octanol–water partition coefficient (Wildman–Crippen LogP) is 6.37. The van der Waals surface area contributed by atoms with Crippen molar-refractivity contribution in [2.45, 2.75) is 63.1 Å². The largest absolute Gasteiger partial charge is 0.331 e. The van der Waals surface area contributed by atoms with Crippen LogP contribution in [-0.2, 0) is 9.84 Å². The Hall–Kier alpha value is -2.06. The topological polar surface area (TPSA) is 87.3 Å². The predicted molar refractivity (Wildman–Crippen MR) is 146 cm³/mol. The molecule has 9 heteroatoms. The van der Waals surface area contributed by atoms with Gasteiger partial charge in [0.05, 0.1) is 26.7 Å². The van der Waals surface area contributed by atoms with E-state index in [2.05, 4.69) is 35.9 Å². The average molecular weight is 551 g/mol. The highest BCUT2D eigenvalue weighted by molar-refractivity contribution is 7.91. The quantitative estimate of drug-likeness (QED) is 0.350. The first kappa shape index (κ1) is 27.0. The van der Waals surface area contributed by atoms with Gasteiger partial charge in [0, 0.05) is 17.8 Å². The number of hydrogen-bond acceptors (Lipinski definition) is 4. The summed E-state index contributed by atoms with van der Waals surface area (Å²) >= 11 is 12.3. The van der Waals surface area contributed by atoms with Gasteiger partial charge >= 0.3 is 6.03 Å². The van der Waals surface area contributed by atoms with Gasteiger partial charge in [-0.3, -0.25) is 0 Å². The minimum absolute atomic E-state index is 0.00731. The first-order chi connectivity index (χ1) is 17.0. The standard InChI is InChI=1S/C27H33Cl2N3O3S/c1-16(2)19-13-21-8-7-18(25(14-19)31-21)15-36(34,35)22-11-9-20(10-12-22)32-27(33)30-17(3)23-5-4-6-24(28)26(23)29/h4-7,9-12,16-17,19,21,25,31H,8,13-15H2,1-3H3,(H2,30,32,33). The number of hydrogen-bond donors (Lipinski definition) is 3. The number of piperidine rings is 1. The maximum atomic E-state index is 13.2. The van der Waals surface area contributed by atoms with Gasteiger partial charge in [0.25, 0.3) is 0 Å². The Morgan fingerprint density at radius 3 is 2.50 bits per heavy atom. The molecular formula is C27H33Cl2N3O3S. The van der Waals surface area contributed by atoms with Crippen LogP contribution in [0.4, 0.5) is 10.5 Å². The van der Waals surface area contributed by atoms with E-state index in [0.717, 1.165) is 24.8 Å². The highest BCUT2D eigenvalue weighted by atomic mass is 35.5. The highest BCUT2D eigenvalue weighted by Crippen LogP contribution is 2.35. The molecule has 0 radical (unpaired) electrons. The van der Waals surface area contributed by atoms with E-state index in [4.69, 9.17) is 23.2 Å². The second-order valence-electron chi connectivity index (χ2n) is 10.2. The van der Waals surface area contributed by atoms with Gasteiger partial charge in [-0.15, -0.1) is 0 Å². The number of anilines is 1. The van der Waals surface area contributed by atoms with Gasteiger partial charge in [-0.1, -0.05) is 55.3 Å². The highest BCUT2D eigenvalue weighted by Gasteiger charge is 2.35. The lowest BCUT2D eigenvalue weighted by Gasteiger charge is -2.42. The van der Waals surface area contributed by atoms with Crippen molar-refractivity contribution in [3.8, 4) is 0 Å². The fraction of sp³-hybridized carbons (Fsp3) is 0.444. The van der Waals surface area contributed by atoms with E-state index in [9.17, 15) is 13.2 Å². The molecule has 1 saturated heterocycles. The summed E-state index contributed by atoms with van der Waals surface area (Å²) in [5.74, 6) is 1.21. The molecule has 194 valence electrons. The zero-order valence-electron chi connectivity index (χ0n) is 20.7. The number of fused-ring (bicyclic) bond motifs is 2. The number of nitrogens with one attached hydrogen (secondary N) is 3. The lowest BCUT2D eigenvalue weighted by atomic mass is 9.76. The molecule has 0 saturated carbocycles. The molecule has 4 rings (SSSR count). The number of amides is 2. The fourth-order valence-corrected chi connectivity index (χ4v) is 7.04. The van der Waals surface area contributed by atoms with Gasteiger partial charge in [-0.25, -0.2) is 13.2 Å². The maximum Gasteiger partial charge on any atom is 0.319 e. The van der Waals surface area contributed by atoms with E-state index in [1.807, 2.05) is 0 Å². The van der Waals surface area contributed by atoms with E-state index in [-0.39, 0.29) is 22.7 Å². The van der Waals surface area contributed by atoms with Crippen LogP contribution in [0.5, 0.6) is 0 Å². The van der Waals surface area contributed by atoms with Gasteiger partial charge in [0.15, 0.2) is 9.84 Å². The van der Waals surface area contributed by atoms with E-state index in [1.165, 1.54) is 0 Å². The third kappa shape index (κ3) is 6.25. The molecule has 4 atom stereocenters. The van der Waals surface area contributed by atoms with Gasteiger partial charge in [0.1, 0.15) is 0 Å². The summed E-state index contributed by atoms with van der Waals surface area (Å²) in [7, 11) is -3.51. The molecule has 3 N–H and O–H groups in total. The number of sulfone groups is 1. The lowest BCUT2D eigenvalue weighted by Crippen LogP contribution is -2.50. The Bertz CT molecular complexity index is 1250. The summed E-state index contributed by atoms with van der Waals surface area (Å²) < 4.78 is 26.4. The van der Waals surface area contributed by atoms with Crippen molar-refractivity contribution in [2.24, 2.45) is 11.8 Å². The monoisotopic (exact) mass is 549 g/mol. The molecule has 2 aliphatic heterocycles. The van der Waals surface area contributed by atoms with Crippen molar-refractivity contribution < 1.29 is 13.2 Å². The number of carbonyl (C=O) groups is 1. The third-order valence-corrected chi connectivity index (χ3v) is 9.78. The third-order valence-electron chi connectivity index (χ3n) is 7.24. The average Bonchev–Trinajstić information content (AvgIpc) is 2.82. The number of benzene rings is 2. The summed E-state index contributed by atoms with van der Waals surface area (Å²) in [5, 5.41) is 10.00. The van der Waals surface area contributed by atoms with Gasteiger partial charge < -0.3 is 16.0 Å². The smallest absolute Gasteiger partial charge is 0.319 e. The fourth-order valence-electron chi connectivity index (χ4n) is 5.09. The van der Waals surface area contributed by atoms with Gasteiger partial charge in [-0.05, 0) is 79.5 Å². The molecule has 36 heavy (non-hydrogen) atoms. The Morgan fingerprint density at radius 2 is 1.81 bits per heavy atom. The van der Waals surface area contributed by atoms with E-state index in [1.54, 1.807) is 49.4 Å². The molecule has 4 unspecified atom stereocenters. The van der Waals surface area contributed by atoms with Crippen molar-refractivity contribution in [1.82, 2.24) is 10.6 Å². The van der Waals surface area contributed by atoms with E-state index in [0.29, 0.717) is 39.2 Å². The molecule has 6 nitrogen and oxygen atoms in total. The number of halogens is 2. The Balaban J connectivity index is 1.37. The van der Waals surface area contributed by atoms with Crippen molar-refractivity contribution in [1.29, 1.82) is 0 Å². The van der Waals surface area contributed by atoms with Crippen LogP contribution in [0, 0.1) is 11.8 Å². The minimum atomic E-state index is -3.51. The lowest BCUT2D eigenvalue weighted by molar-refractivity contribution is 0.203. The summed E-state index contributed by atoms with van der Waals surface area (Å²) in [5.41, 5.74) is 2.16. The first-order valence-corrected chi connectivity index (χ1v) is 14.7. The molecule has 2 amide bonds. The number of urea groups is 1. The van der Waals surface area contributed by atoms with Gasteiger partial charge in [0.2, 0.25) is 0 Å². The number of carbonyl (C=O) groups excluding carboxylic acids is 1. The van der Waals surface area contributed by atoms with Crippen LogP contribution in [-0.4, -0.2) is 32.3 Å². The SMILES string of the molecule is CC(NC(=O)Nc1ccc(S(=O)(=O)CC2=CCC3CC(C(C)C)CC2N3)cc1)c1cccc(Cl)c1Cl. The summed E-state index contributed by atoms with van der Waals surface area (Å²) in [6.07, 6.45) is 5.12. The zero-order valence-corrected chi connectivity index (χ0v) is 23.1. The van der Waals surface area contributed by atoms with Gasteiger partial charge in [-0.2, -0.15) is 0 Å². The van der Waals surface area contributed by atoms with Crippen LogP contribution in [0.25, 0.3) is 0 Å². The molecule has 0 spiro atoms. The Morgan fingerprint density at radius 1 is 1.08 bits per heavy atom. The van der Waals surface area contributed by atoms with Crippen LogP contribution in [0.1, 0.15) is 51.6 Å². The van der Waals surface area contributed by atoms with E-state index < -0.39 is 15.9 Å². The van der Waals surface area contributed by atoms with Crippen LogP contribution < -0.4 is 16.0 Å². The van der Waals surface area contributed by atoms with Crippen LogP contribution >= 0.6 is 23.2 Å². The molecule has 0 aromatic heterocycles. The molecule has 2 aliphatic rings.